The molecule has 0 unspecified atom stereocenters. The second-order valence-electron chi connectivity index (χ2n) is 5.71. The number of benzene rings is 2. The molecular formula is C19H17FN2O. The Balaban J connectivity index is 1.96. The summed E-state index contributed by atoms with van der Waals surface area (Å²) < 4.78 is 13.4. The Morgan fingerprint density at radius 1 is 1.00 bits per heavy atom. The zero-order valence-corrected chi connectivity index (χ0v) is 13.3. The standard InChI is InChI=1S/C19H17FN2O/c1-11-4-6-16(8-12(11)2)22-19(23)17-10-14-9-15(20)5-7-18(14)21-13(17)3/h4-10H,1-3H3,(H,22,23). The van der Waals surface area contributed by atoms with Crippen LogP contribution in [0.4, 0.5) is 10.1 Å². The first-order chi connectivity index (χ1) is 10.9. The van der Waals surface area contributed by atoms with Crippen LogP contribution >= 0.6 is 0 Å². The van der Waals surface area contributed by atoms with Crippen LogP contribution < -0.4 is 5.32 Å². The molecule has 0 aliphatic carbocycles. The molecule has 3 rings (SSSR count). The highest BCUT2D eigenvalue weighted by atomic mass is 19.1. The molecule has 0 aliphatic rings. The van der Waals surface area contributed by atoms with Gasteiger partial charge in [-0.15, -0.1) is 0 Å². The van der Waals surface area contributed by atoms with E-state index in [2.05, 4.69) is 10.3 Å². The van der Waals surface area contributed by atoms with Crippen molar-refractivity contribution < 1.29 is 9.18 Å². The molecule has 0 aliphatic heterocycles. The summed E-state index contributed by atoms with van der Waals surface area (Å²) in [5, 5.41) is 3.49. The van der Waals surface area contributed by atoms with Crippen LogP contribution in [0.15, 0.2) is 42.5 Å². The lowest BCUT2D eigenvalue weighted by Crippen LogP contribution is -2.14. The maximum atomic E-state index is 13.4. The van der Waals surface area contributed by atoms with Crippen LogP contribution in [0.2, 0.25) is 0 Å². The first-order valence-corrected chi connectivity index (χ1v) is 7.39. The molecule has 0 radical (unpaired) electrons. The van der Waals surface area contributed by atoms with Gasteiger partial charge in [-0.1, -0.05) is 6.07 Å². The highest BCUT2D eigenvalue weighted by Crippen LogP contribution is 2.20. The molecule has 0 saturated heterocycles. The number of amides is 1. The summed E-state index contributed by atoms with van der Waals surface area (Å²) in [6.07, 6.45) is 0. The molecule has 1 amide bonds. The third-order valence-electron chi connectivity index (χ3n) is 3.98. The van der Waals surface area contributed by atoms with E-state index in [1.165, 1.54) is 17.7 Å². The summed E-state index contributed by atoms with van der Waals surface area (Å²) in [4.78, 5) is 16.9. The molecule has 0 spiro atoms. The fourth-order valence-corrected chi connectivity index (χ4v) is 2.49. The topological polar surface area (TPSA) is 42.0 Å². The van der Waals surface area contributed by atoms with Gasteiger partial charge < -0.3 is 5.32 Å². The fourth-order valence-electron chi connectivity index (χ4n) is 2.49. The third-order valence-corrected chi connectivity index (χ3v) is 3.98. The normalized spacial score (nSPS) is 10.8. The number of rotatable bonds is 2. The van der Waals surface area contributed by atoms with Gasteiger partial charge >= 0.3 is 0 Å². The fraction of sp³-hybridized carbons (Fsp3) is 0.158. The first kappa shape index (κ1) is 15.2. The van der Waals surface area contributed by atoms with Crippen molar-refractivity contribution >= 4 is 22.5 Å². The van der Waals surface area contributed by atoms with Crippen molar-refractivity contribution in [3.8, 4) is 0 Å². The lowest BCUT2D eigenvalue weighted by molar-refractivity contribution is 0.102. The Labute approximate surface area is 134 Å². The predicted octanol–water partition coefficient (Wildman–Crippen LogP) is 4.55. The highest BCUT2D eigenvalue weighted by Gasteiger charge is 2.12. The monoisotopic (exact) mass is 308 g/mol. The van der Waals surface area contributed by atoms with Crippen molar-refractivity contribution in [1.29, 1.82) is 0 Å². The molecular weight excluding hydrogens is 291 g/mol. The van der Waals surface area contributed by atoms with Crippen molar-refractivity contribution in [3.63, 3.8) is 0 Å². The zero-order valence-electron chi connectivity index (χ0n) is 13.3. The second-order valence-corrected chi connectivity index (χ2v) is 5.71. The van der Waals surface area contributed by atoms with E-state index in [0.717, 1.165) is 11.3 Å². The first-order valence-electron chi connectivity index (χ1n) is 7.39. The van der Waals surface area contributed by atoms with E-state index >= 15 is 0 Å². The number of halogens is 1. The van der Waals surface area contributed by atoms with E-state index in [0.29, 0.717) is 22.2 Å². The highest BCUT2D eigenvalue weighted by molar-refractivity contribution is 6.06. The van der Waals surface area contributed by atoms with Gasteiger partial charge in [-0.25, -0.2) is 4.39 Å². The van der Waals surface area contributed by atoms with E-state index < -0.39 is 0 Å². The van der Waals surface area contributed by atoms with Gasteiger partial charge in [0.2, 0.25) is 0 Å². The molecule has 2 aromatic carbocycles. The predicted molar refractivity (Wildman–Crippen MR) is 90.3 cm³/mol. The largest absolute Gasteiger partial charge is 0.322 e. The number of carbonyl (C=O) groups excluding carboxylic acids is 1. The molecule has 0 fully saturated rings. The van der Waals surface area contributed by atoms with Crippen LogP contribution in [-0.2, 0) is 0 Å². The maximum absolute atomic E-state index is 13.4. The number of nitrogens with zero attached hydrogens (tertiary/aromatic N) is 1. The molecule has 1 aromatic heterocycles. The van der Waals surface area contributed by atoms with Crippen molar-refractivity contribution in [1.82, 2.24) is 4.98 Å². The summed E-state index contributed by atoms with van der Waals surface area (Å²) in [6.45, 7) is 5.79. The molecule has 116 valence electrons. The van der Waals surface area contributed by atoms with Crippen molar-refractivity contribution in [2.24, 2.45) is 0 Å². The Kier molecular flexibility index (Phi) is 3.82. The lowest BCUT2D eigenvalue weighted by atomic mass is 10.1. The second kappa shape index (κ2) is 5.80. The summed E-state index contributed by atoms with van der Waals surface area (Å²) >= 11 is 0. The van der Waals surface area contributed by atoms with Gasteiger partial charge in [0.1, 0.15) is 5.82 Å². The van der Waals surface area contributed by atoms with E-state index in [4.69, 9.17) is 0 Å². The Morgan fingerprint density at radius 3 is 2.52 bits per heavy atom. The van der Waals surface area contributed by atoms with Gasteiger partial charge in [0.25, 0.3) is 5.91 Å². The van der Waals surface area contributed by atoms with Gasteiger partial charge in [-0.05, 0) is 68.3 Å². The van der Waals surface area contributed by atoms with E-state index in [1.807, 2.05) is 32.0 Å². The van der Waals surface area contributed by atoms with Gasteiger partial charge in [-0.2, -0.15) is 0 Å². The minimum Gasteiger partial charge on any atom is -0.322 e. The molecule has 23 heavy (non-hydrogen) atoms. The average Bonchev–Trinajstić information content (AvgIpc) is 2.50. The maximum Gasteiger partial charge on any atom is 0.257 e. The van der Waals surface area contributed by atoms with Gasteiger partial charge in [0.05, 0.1) is 16.8 Å². The van der Waals surface area contributed by atoms with E-state index in [-0.39, 0.29) is 11.7 Å². The quantitative estimate of drug-likeness (QED) is 0.754. The van der Waals surface area contributed by atoms with Crippen molar-refractivity contribution in [2.75, 3.05) is 5.32 Å². The number of fused-ring (bicyclic) bond motifs is 1. The summed E-state index contributed by atoms with van der Waals surface area (Å²) in [5.41, 5.74) is 4.75. The van der Waals surface area contributed by atoms with Crippen molar-refractivity contribution in [3.05, 3.63) is 70.7 Å². The van der Waals surface area contributed by atoms with Crippen LogP contribution in [0.5, 0.6) is 0 Å². The van der Waals surface area contributed by atoms with Crippen molar-refractivity contribution in [2.45, 2.75) is 20.8 Å². The number of aryl methyl sites for hydroxylation is 3. The number of pyridine rings is 1. The Hall–Kier alpha value is -2.75. The molecule has 3 nitrogen and oxygen atoms in total. The van der Waals surface area contributed by atoms with Crippen LogP contribution in [0.3, 0.4) is 0 Å². The van der Waals surface area contributed by atoms with Gasteiger partial charge in [0, 0.05) is 11.1 Å². The Morgan fingerprint density at radius 2 is 1.78 bits per heavy atom. The molecule has 1 N–H and O–H groups in total. The van der Waals surface area contributed by atoms with Crippen LogP contribution in [0, 0.1) is 26.6 Å². The van der Waals surface area contributed by atoms with Crippen LogP contribution in [0.25, 0.3) is 10.9 Å². The number of aromatic nitrogens is 1. The molecule has 0 atom stereocenters. The molecule has 0 saturated carbocycles. The number of hydrogen-bond acceptors (Lipinski definition) is 2. The lowest BCUT2D eigenvalue weighted by Gasteiger charge is -2.10. The summed E-state index contributed by atoms with van der Waals surface area (Å²) in [7, 11) is 0. The van der Waals surface area contributed by atoms with Gasteiger partial charge in [-0.3, -0.25) is 9.78 Å². The SMILES string of the molecule is Cc1ccc(NC(=O)c2cc3cc(F)ccc3nc2C)cc1C. The minimum absolute atomic E-state index is 0.246. The van der Waals surface area contributed by atoms with E-state index in [9.17, 15) is 9.18 Å². The van der Waals surface area contributed by atoms with Crippen LogP contribution in [0.1, 0.15) is 27.2 Å². The Bertz CT molecular complexity index is 919. The third kappa shape index (κ3) is 3.06. The van der Waals surface area contributed by atoms with Gasteiger partial charge in [0.15, 0.2) is 0 Å². The molecule has 3 aromatic rings. The number of anilines is 1. The molecule has 1 heterocycles. The average molecular weight is 308 g/mol. The molecule has 0 bridgehead atoms. The summed E-state index contributed by atoms with van der Waals surface area (Å²) in [5.74, 6) is -0.590. The minimum atomic E-state index is -0.344. The van der Waals surface area contributed by atoms with Crippen LogP contribution in [-0.4, -0.2) is 10.9 Å². The zero-order chi connectivity index (χ0) is 16.6. The number of carbonyl (C=O) groups is 1. The molecule has 4 heteroatoms. The summed E-state index contributed by atoms with van der Waals surface area (Å²) in [6, 6.07) is 11.8. The number of hydrogen-bond donors (Lipinski definition) is 1. The number of nitrogens with one attached hydrogen (secondary N) is 1. The smallest absolute Gasteiger partial charge is 0.257 e. The van der Waals surface area contributed by atoms with E-state index in [1.54, 1.807) is 19.1 Å².